The molecule has 0 bridgehead atoms. The van der Waals surface area contributed by atoms with Gasteiger partial charge in [-0.3, -0.25) is 0 Å². The van der Waals surface area contributed by atoms with Crippen LogP contribution >= 0.6 is 11.6 Å². The Hall–Kier alpha value is -1.80. The van der Waals surface area contributed by atoms with Crippen molar-refractivity contribution in [2.24, 2.45) is 7.05 Å². The molecule has 3 heteroatoms. The normalized spacial score (nSPS) is 11.1. The molecule has 0 saturated carbocycles. The monoisotopic (exact) mass is 270 g/mol. The topological polar surface area (TPSA) is 17.8 Å². The Morgan fingerprint density at radius 3 is 2.53 bits per heavy atom. The van der Waals surface area contributed by atoms with Crippen molar-refractivity contribution in [2.75, 3.05) is 0 Å². The molecule has 3 aromatic rings. The van der Waals surface area contributed by atoms with Crippen LogP contribution in [0.25, 0.3) is 22.4 Å². The van der Waals surface area contributed by atoms with Crippen LogP contribution in [0.2, 0.25) is 0 Å². The van der Waals surface area contributed by atoms with Gasteiger partial charge in [-0.2, -0.15) is 0 Å². The third-order valence-corrected chi connectivity index (χ3v) is 3.71. The molecule has 0 spiro atoms. The molecule has 0 aliphatic rings. The number of rotatable bonds is 2. The Balaban J connectivity index is 2.15. The SMILES string of the molecule is Cc1ccc2c(c1)nc(-c1ccc(CCl)cc1)n2C. The number of nitrogens with zero attached hydrogens (tertiary/aromatic N) is 2. The van der Waals surface area contributed by atoms with Gasteiger partial charge in [0.25, 0.3) is 0 Å². The summed E-state index contributed by atoms with van der Waals surface area (Å²) < 4.78 is 2.13. The zero-order valence-corrected chi connectivity index (χ0v) is 11.8. The molecular weight excluding hydrogens is 256 g/mol. The van der Waals surface area contributed by atoms with E-state index in [1.54, 1.807) is 0 Å². The van der Waals surface area contributed by atoms with Crippen molar-refractivity contribution in [3.8, 4) is 11.4 Å². The predicted molar refractivity (Wildman–Crippen MR) is 80.4 cm³/mol. The molecule has 96 valence electrons. The lowest BCUT2D eigenvalue weighted by molar-refractivity contribution is 0.959. The van der Waals surface area contributed by atoms with Crippen molar-refractivity contribution in [3.63, 3.8) is 0 Å². The van der Waals surface area contributed by atoms with Gasteiger partial charge in [0.2, 0.25) is 0 Å². The van der Waals surface area contributed by atoms with Crippen LogP contribution in [0, 0.1) is 6.92 Å². The molecule has 2 aromatic carbocycles. The number of benzene rings is 2. The number of hydrogen-bond acceptors (Lipinski definition) is 1. The fourth-order valence-electron chi connectivity index (χ4n) is 2.31. The molecule has 0 N–H and O–H groups in total. The summed E-state index contributed by atoms with van der Waals surface area (Å²) >= 11 is 5.82. The van der Waals surface area contributed by atoms with Crippen molar-refractivity contribution in [1.29, 1.82) is 0 Å². The molecule has 0 radical (unpaired) electrons. The third-order valence-electron chi connectivity index (χ3n) is 3.40. The van der Waals surface area contributed by atoms with E-state index in [1.165, 1.54) is 5.56 Å². The van der Waals surface area contributed by atoms with Gasteiger partial charge >= 0.3 is 0 Å². The van der Waals surface area contributed by atoms with E-state index >= 15 is 0 Å². The first kappa shape index (κ1) is 12.2. The largest absolute Gasteiger partial charge is 0.327 e. The molecule has 3 rings (SSSR count). The van der Waals surface area contributed by atoms with Gasteiger partial charge in [0.15, 0.2) is 0 Å². The first-order valence-electron chi connectivity index (χ1n) is 6.27. The van der Waals surface area contributed by atoms with Crippen molar-refractivity contribution >= 4 is 22.6 Å². The fraction of sp³-hybridized carbons (Fsp3) is 0.188. The van der Waals surface area contributed by atoms with Crippen molar-refractivity contribution in [1.82, 2.24) is 9.55 Å². The first-order valence-corrected chi connectivity index (χ1v) is 6.81. The van der Waals surface area contributed by atoms with Crippen LogP contribution in [-0.2, 0) is 12.9 Å². The molecule has 0 amide bonds. The van der Waals surface area contributed by atoms with E-state index in [1.807, 2.05) is 12.1 Å². The number of aromatic nitrogens is 2. The quantitative estimate of drug-likeness (QED) is 0.635. The summed E-state index contributed by atoms with van der Waals surface area (Å²) in [7, 11) is 2.05. The van der Waals surface area contributed by atoms with E-state index in [0.29, 0.717) is 5.88 Å². The lowest BCUT2D eigenvalue weighted by Crippen LogP contribution is -1.92. The number of halogens is 1. The molecule has 1 heterocycles. The number of alkyl halides is 1. The lowest BCUT2D eigenvalue weighted by Gasteiger charge is -2.03. The average molecular weight is 271 g/mol. The predicted octanol–water partition coefficient (Wildman–Crippen LogP) is 4.29. The Bertz CT molecular complexity index is 726. The lowest BCUT2D eigenvalue weighted by atomic mass is 10.1. The summed E-state index contributed by atoms with van der Waals surface area (Å²) in [6.07, 6.45) is 0. The van der Waals surface area contributed by atoms with Crippen LogP contribution in [0.1, 0.15) is 11.1 Å². The Kier molecular flexibility index (Phi) is 3.03. The van der Waals surface area contributed by atoms with Crippen molar-refractivity contribution in [2.45, 2.75) is 12.8 Å². The van der Waals surface area contributed by atoms with E-state index in [2.05, 4.69) is 48.9 Å². The van der Waals surface area contributed by atoms with Crippen LogP contribution < -0.4 is 0 Å². The number of fused-ring (bicyclic) bond motifs is 1. The third kappa shape index (κ3) is 2.13. The standard InChI is InChI=1S/C16H15ClN2/c1-11-3-8-15-14(9-11)18-16(19(15)2)13-6-4-12(10-17)5-7-13/h3-9H,10H2,1-2H3. The summed E-state index contributed by atoms with van der Waals surface area (Å²) in [4.78, 5) is 4.73. The van der Waals surface area contributed by atoms with Gasteiger partial charge in [-0.15, -0.1) is 11.6 Å². The Morgan fingerprint density at radius 2 is 1.84 bits per heavy atom. The summed E-state index contributed by atoms with van der Waals surface area (Å²) in [6, 6.07) is 14.6. The van der Waals surface area contributed by atoms with Crippen molar-refractivity contribution < 1.29 is 0 Å². The summed E-state index contributed by atoms with van der Waals surface area (Å²) in [5.74, 6) is 1.53. The minimum absolute atomic E-state index is 0.544. The van der Waals surface area contributed by atoms with Crippen LogP contribution in [0.3, 0.4) is 0 Å². The van der Waals surface area contributed by atoms with Crippen LogP contribution in [0.15, 0.2) is 42.5 Å². The molecule has 0 aliphatic heterocycles. The van der Waals surface area contributed by atoms with Crippen LogP contribution in [0.5, 0.6) is 0 Å². The van der Waals surface area contributed by atoms with E-state index in [0.717, 1.165) is 28.0 Å². The molecule has 19 heavy (non-hydrogen) atoms. The minimum atomic E-state index is 0.544. The number of imidazole rings is 1. The summed E-state index contributed by atoms with van der Waals surface area (Å²) in [5, 5.41) is 0. The molecule has 0 fully saturated rings. The molecule has 0 unspecified atom stereocenters. The highest BCUT2D eigenvalue weighted by atomic mass is 35.5. The highest BCUT2D eigenvalue weighted by Gasteiger charge is 2.09. The van der Waals surface area contributed by atoms with Crippen LogP contribution in [-0.4, -0.2) is 9.55 Å². The molecule has 0 saturated heterocycles. The van der Waals surface area contributed by atoms with Gasteiger partial charge in [0.1, 0.15) is 5.82 Å². The van der Waals surface area contributed by atoms with Gasteiger partial charge in [-0.1, -0.05) is 30.3 Å². The average Bonchev–Trinajstić information content (AvgIpc) is 2.75. The maximum absolute atomic E-state index is 5.82. The smallest absolute Gasteiger partial charge is 0.140 e. The van der Waals surface area contributed by atoms with Gasteiger partial charge in [-0.05, 0) is 30.2 Å². The van der Waals surface area contributed by atoms with E-state index in [4.69, 9.17) is 16.6 Å². The van der Waals surface area contributed by atoms with E-state index < -0.39 is 0 Å². The van der Waals surface area contributed by atoms with Gasteiger partial charge in [0.05, 0.1) is 11.0 Å². The molecule has 1 aromatic heterocycles. The Morgan fingerprint density at radius 1 is 1.11 bits per heavy atom. The fourth-order valence-corrected chi connectivity index (χ4v) is 2.49. The second kappa shape index (κ2) is 4.71. The van der Waals surface area contributed by atoms with E-state index in [-0.39, 0.29) is 0 Å². The zero-order chi connectivity index (χ0) is 13.4. The molecular formula is C16H15ClN2. The van der Waals surface area contributed by atoms with Gasteiger partial charge < -0.3 is 4.57 Å². The minimum Gasteiger partial charge on any atom is -0.327 e. The van der Waals surface area contributed by atoms with Gasteiger partial charge in [-0.25, -0.2) is 4.98 Å². The van der Waals surface area contributed by atoms with Gasteiger partial charge in [0, 0.05) is 18.5 Å². The zero-order valence-electron chi connectivity index (χ0n) is 11.0. The number of aryl methyl sites for hydroxylation is 2. The Labute approximate surface area is 117 Å². The second-order valence-electron chi connectivity index (χ2n) is 4.82. The van der Waals surface area contributed by atoms with E-state index in [9.17, 15) is 0 Å². The second-order valence-corrected chi connectivity index (χ2v) is 5.08. The summed E-state index contributed by atoms with van der Waals surface area (Å²) in [6.45, 7) is 2.09. The maximum atomic E-state index is 5.82. The molecule has 0 aliphatic carbocycles. The maximum Gasteiger partial charge on any atom is 0.140 e. The van der Waals surface area contributed by atoms with Crippen LogP contribution in [0.4, 0.5) is 0 Å². The number of hydrogen-bond donors (Lipinski definition) is 0. The highest BCUT2D eigenvalue weighted by molar-refractivity contribution is 6.17. The summed E-state index contributed by atoms with van der Waals surface area (Å²) in [5.41, 5.74) is 5.67. The highest BCUT2D eigenvalue weighted by Crippen LogP contribution is 2.24. The molecule has 2 nitrogen and oxygen atoms in total. The van der Waals surface area contributed by atoms with Crippen molar-refractivity contribution in [3.05, 3.63) is 53.6 Å². The first-order chi connectivity index (χ1) is 9.19. The molecule has 0 atom stereocenters.